The number of pyridine rings is 2. The van der Waals surface area contributed by atoms with Gasteiger partial charge in [-0.15, -0.1) is 0 Å². The molecule has 0 fully saturated rings. The van der Waals surface area contributed by atoms with E-state index in [2.05, 4.69) is 129 Å². The van der Waals surface area contributed by atoms with Crippen LogP contribution in [0.1, 0.15) is 0 Å². The summed E-state index contributed by atoms with van der Waals surface area (Å²) in [6, 6.07) is 44.6. The standard InChI is InChI=1S/C37H24ClN5OSi/c38-37-42-34(41-35(43-37)30-19-22-40-36-33(30)31-24-39-21-20-32(31)44-36)25-11-10-18-29(23-25)45(26-12-4-1-5-13-26,27-14-6-2-7-15-27)28-16-8-3-9-17-28/h1-24H. The first kappa shape index (κ1) is 27.1. The molecule has 0 N–H and O–H groups in total. The Morgan fingerprint density at radius 2 is 1.20 bits per heavy atom. The van der Waals surface area contributed by atoms with Crippen molar-refractivity contribution in [3.8, 4) is 22.8 Å². The molecule has 0 saturated carbocycles. The highest BCUT2D eigenvalue weighted by molar-refractivity contribution is 7.19. The first-order valence-electron chi connectivity index (χ1n) is 14.5. The number of hydrogen-bond donors (Lipinski definition) is 0. The summed E-state index contributed by atoms with van der Waals surface area (Å²) in [5.74, 6) is 0.923. The van der Waals surface area contributed by atoms with E-state index in [4.69, 9.17) is 21.0 Å². The molecule has 0 amide bonds. The summed E-state index contributed by atoms with van der Waals surface area (Å²) in [7, 11) is -2.74. The highest BCUT2D eigenvalue weighted by Gasteiger charge is 2.41. The minimum atomic E-state index is -2.74. The first-order valence-corrected chi connectivity index (χ1v) is 16.9. The van der Waals surface area contributed by atoms with Crippen LogP contribution < -0.4 is 20.7 Å². The maximum atomic E-state index is 6.61. The van der Waals surface area contributed by atoms with Crippen molar-refractivity contribution >= 4 is 62.5 Å². The second-order valence-corrected chi connectivity index (χ2v) is 14.8. The number of aromatic nitrogens is 5. The smallest absolute Gasteiger partial charge is 0.228 e. The molecule has 4 aromatic heterocycles. The summed E-state index contributed by atoms with van der Waals surface area (Å²) in [4.78, 5) is 22.9. The van der Waals surface area contributed by atoms with Crippen LogP contribution in [0.15, 0.2) is 150 Å². The highest BCUT2D eigenvalue weighted by Crippen LogP contribution is 2.34. The lowest BCUT2D eigenvalue weighted by atomic mass is 10.1. The number of rotatable bonds is 6. The molecule has 214 valence electrons. The van der Waals surface area contributed by atoms with E-state index in [9.17, 15) is 0 Å². The molecule has 0 spiro atoms. The maximum Gasteiger partial charge on any atom is 0.228 e. The van der Waals surface area contributed by atoms with Crippen molar-refractivity contribution in [2.75, 3.05) is 0 Å². The quantitative estimate of drug-likeness (QED) is 0.170. The summed E-state index contributed by atoms with van der Waals surface area (Å²) in [6.45, 7) is 0. The van der Waals surface area contributed by atoms with Crippen LogP contribution in [-0.4, -0.2) is 33.0 Å². The summed E-state index contributed by atoms with van der Waals surface area (Å²) in [5, 5.41) is 6.79. The van der Waals surface area contributed by atoms with Gasteiger partial charge in [-0.2, -0.15) is 9.97 Å². The van der Waals surface area contributed by atoms with Crippen LogP contribution in [0.4, 0.5) is 0 Å². The van der Waals surface area contributed by atoms with Gasteiger partial charge < -0.3 is 4.42 Å². The molecular weight excluding hydrogens is 594 g/mol. The fourth-order valence-electron chi connectivity index (χ4n) is 6.28. The number of benzene rings is 4. The molecule has 0 aliphatic rings. The number of fused-ring (bicyclic) bond motifs is 3. The van der Waals surface area contributed by atoms with Crippen LogP contribution >= 0.6 is 11.6 Å². The van der Waals surface area contributed by atoms with E-state index >= 15 is 0 Å². The van der Waals surface area contributed by atoms with Crippen molar-refractivity contribution in [3.05, 3.63) is 151 Å². The van der Waals surface area contributed by atoms with Gasteiger partial charge in [-0.05, 0) is 44.5 Å². The van der Waals surface area contributed by atoms with Crippen molar-refractivity contribution in [2.45, 2.75) is 0 Å². The van der Waals surface area contributed by atoms with E-state index in [-0.39, 0.29) is 5.28 Å². The predicted molar refractivity (Wildman–Crippen MR) is 182 cm³/mol. The molecule has 4 heterocycles. The lowest BCUT2D eigenvalue weighted by Crippen LogP contribution is -2.74. The molecule has 4 aromatic carbocycles. The maximum absolute atomic E-state index is 6.61. The van der Waals surface area contributed by atoms with Gasteiger partial charge in [0.25, 0.3) is 0 Å². The molecule has 0 atom stereocenters. The number of nitrogens with zero attached hydrogens (tertiary/aromatic N) is 5. The molecule has 0 unspecified atom stereocenters. The van der Waals surface area contributed by atoms with Gasteiger partial charge in [-0.3, -0.25) is 4.98 Å². The second-order valence-electron chi connectivity index (χ2n) is 10.7. The molecule has 0 aliphatic carbocycles. The van der Waals surface area contributed by atoms with Crippen molar-refractivity contribution in [3.63, 3.8) is 0 Å². The van der Waals surface area contributed by atoms with Crippen molar-refractivity contribution in [2.24, 2.45) is 0 Å². The van der Waals surface area contributed by atoms with Crippen LogP contribution in [0.2, 0.25) is 5.28 Å². The summed E-state index contributed by atoms with van der Waals surface area (Å²) < 4.78 is 5.99. The monoisotopic (exact) mass is 617 g/mol. The second kappa shape index (κ2) is 11.2. The Labute approximate surface area is 265 Å². The van der Waals surface area contributed by atoms with Gasteiger partial charge in [0.15, 0.2) is 19.7 Å². The van der Waals surface area contributed by atoms with Gasteiger partial charge >= 0.3 is 0 Å². The molecule has 0 aliphatic heterocycles. The zero-order chi connectivity index (χ0) is 30.2. The zero-order valence-corrected chi connectivity index (χ0v) is 25.6. The van der Waals surface area contributed by atoms with E-state index in [1.165, 1.54) is 20.7 Å². The largest absolute Gasteiger partial charge is 0.438 e. The predicted octanol–water partition coefficient (Wildman–Crippen LogP) is 5.93. The zero-order valence-electron chi connectivity index (χ0n) is 23.9. The van der Waals surface area contributed by atoms with E-state index in [0.717, 1.165) is 21.9 Å². The normalized spacial score (nSPS) is 11.7. The third-order valence-corrected chi connectivity index (χ3v) is 13.1. The third kappa shape index (κ3) is 4.61. The van der Waals surface area contributed by atoms with E-state index in [1.807, 2.05) is 18.2 Å². The summed E-state index contributed by atoms with van der Waals surface area (Å²) >= 11 is 6.61. The SMILES string of the molecule is Clc1nc(-c2cccc([Si](c3ccccc3)(c3ccccc3)c3ccccc3)c2)nc(-c2ccnc3oc4ccncc4c23)n1. The van der Waals surface area contributed by atoms with Crippen LogP contribution in [0.25, 0.3) is 44.8 Å². The van der Waals surface area contributed by atoms with Gasteiger partial charge in [0.1, 0.15) is 5.58 Å². The number of hydrogen-bond acceptors (Lipinski definition) is 6. The van der Waals surface area contributed by atoms with Crippen LogP contribution in [0, 0.1) is 0 Å². The lowest BCUT2D eigenvalue weighted by Gasteiger charge is -2.34. The minimum absolute atomic E-state index is 0.106. The van der Waals surface area contributed by atoms with E-state index < -0.39 is 8.07 Å². The fourth-order valence-corrected chi connectivity index (χ4v) is 11.2. The Balaban J connectivity index is 1.35. The van der Waals surface area contributed by atoms with Crippen LogP contribution in [0.5, 0.6) is 0 Å². The van der Waals surface area contributed by atoms with Gasteiger partial charge in [0.05, 0.1) is 5.39 Å². The average Bonchev–Trinajstić information content (AvgIpc) is 3.49. The molecule has 8 rings (SSSR count). The molecule has 6 nitrogen and oxygen atoms in total. The Hall–Kier alpha value is -5.50. The van der Waals surface area contributed by atoms with Crippen LogP contribution in [0.3, 0.4) is 0 Å². The van der Waals surface area contributed by atoms with Gasteiger partial charge in [-0.1, -0.05) is 115 Å². The molecule has 0 saturated heterocycles. The Morgan fingerprint density at radius 1 is 0.578 bits per heavy atom. The summed E-state index contributed by atoms with van der Waals surface area (Å²) in [5.41, 5.74) is 2.77. The molecule has 8 aromatic rings. The Kier molecular flexibility index (Phi) is 6.74. The highest BCUT2D eigenvalue weighted by atomic mass is 35.5. The van der Waals surface area contributed by atoms with Gasteiger partial charge in [0, 0.05) is 35.1 Å². The third-order valence-electron chi connectivity index (χ3n) is 8.20. The minimum Gasteiger partial charge on any atom is -0.438 e. The van der Waals surface area contributed by atoms with Gasteiger partial charge in [0.2, 0.25) is 11.0 Å². The topological polar surface area (TPSA) is 77.6 Å². The summed E-state index contributed by atoms with van der Waals surface area (Å²) in [6.07, 6.45) is 5.14. The Morgan fingerprint density at radius 3 is 1.87 bits per heavy atom. The van der Waals surface area contributed by atoms with Crippen LogP contribution in [-0.2, 0) is 0 Å². The van der Waals surface area contributed by atoms with Gasteiger partial charge in [-0.25, -0.2) is 9.97 Å². The average molecular weight is 618 g/mol. The van der Waals surface area contributed by atoms with Crippen molar-refractivity contribution in [1.29, 1.82) is 0 Å². The molecule has 45 heavy (non-hydrogen) atoms. The number of halogens is 1. The molecule has 8 heteroatoms. The van der Waals surface area contributed by atoms with Crippen molar-refractivity contribution < 1.29 is 4.42 Å². The van der Waals surface area contributed by atoms with E-state index in [0.29, 0.717) is 22.9 Å². The molecular formula is C37H24ClN5OSi. The van der Waals surface area contributed by atoms with E-state index in [1.54, 1.807) is 18.6 Å². The number of furan rings is 1. The van der Waals surface area contributed by atoms with Crippen molar-refractivity contribution in [1.82, 2.24) is 24.9 Å². The fraction of sp³-hybridized carbons (Fsp3) is 0. The first-order chi connectivity index (χ1) is 22.2. The lowest BCUT2D eigenvalue weighted by molar-refractivity contribution is 0.653. The Bertz CT molecular complexity index is 2200. The molecule has 0 bridgehead atoms. The molecule has 0 radical (unpaired) electrons.